The van der Waals surface area contributed by atoms with Crippen LogP contribution >= 0.6 is 0 Å². The number of nitrogens with zero attached hydrogens (tertiary/aromatic N) is 4. The molecule has 190 valence electrons. The van der Waals surface area contributed by atoms with Crippen LogP contribution in [0.5, 0.6) is 0 Å². The molecule has 36 heavy (non-hydrogen) atoms. The largest absolute Gasteiger partial charge is 0.417 e. The molecule has 0 aliphatic rings. The molecule has 0 fully saturated rings. The lowest BCUT2D eigenvalue weighted by atomic mass is 10.1. The Hall–Kier alpha value is -3.01. The van der Waals surface area contributed by atoms with E-state index in [9.17, 15) is 8.42 Å². The van der Waals surface area contributed by atoms with E-state index in [1.807, 2.05) is 25.4 Å². The molecule has 4 aromatic rings. The standard InChI is InChI=1S/C27H34N4O3SSi/c1-27(2,3)36(5,6)34-15-11-10-12-21-16-24-25(22-18-29-30(4)19-22)20-31(26(24)28-17-21)35(32,33)23-13-8-7-9-14-23/h7-10,12-14,16-20H,11,15H2,1-6H3. The van der Waals surface area contributed by atoms with Gasteiger partial charge in [-0.1, -0.05) is 51.1 Å². The number of pyridine rings is 1. The minimum atomic E-state index is -3.81. The summed E-state index contributed by atoms with van der Waals surface area (Å²) in [6, 6.07) is 10.4. The Labute approximate surface area is 214 Å². The molecule has 0 saturated carbocycles. The van der Waals surface area contributed by atoms with Crippen LogP contribution in [0.4, 0.5) is 0 Å². The third-order valence-corrected chi connectivity index (χ3v) is 13.0. The third-order valence-electron chi connectivity index (χ3n) is 6.81. The summed E-state index contributed by atoms with van der Waals surface area (Å²) in [5.74, 6) is 0. The van der Waals surface area contributed by atoms with Crippen molar-refractivity contribution in [2.75, 3.05) is 6.61 Å². The van der Waals surface area contributed by atoms with Gasteiger partial charge in [0.25, 0.3) is 10.0 Å². The van der Waals surface area contributed by atoms with E-state index >= 15 is 0 Å². The predicted molar refractivity (Wildman–Crippen MR) is 148 cm³/mol. The predicted octanol–water partition coefficient (Wildman–Crippen LogP) is 6.10. The number of aromatic nitrogens is 4. The molecule has 3 heterocycles. The average molecular weight is 523 g/mol. The van der Waals surface area contributed by atoms with Gasteiger partial charge in [0.15, 0.2) is 14.0 Å². The minimum absolute atomic E-state index is 0.182. The zero-order valence-corrected chi connectivity index (χ0v) is 23.6. The summed E-state index contributed by atoms with van der Waals surface area (Å²) >= 11 is 0. The van der Waals surface area contributed by atoms with Crippen molar-refractivity contribution in [3.63, 3.8) is 0 Å². The molecule has 4 rings (SSSR count). The van der Waals surface area contributed by atoms with E-state index in [-0.39, 0.29) is 9.93 Å². The van der Waals surface area contributed by atoms with Crippen LogP contribution in [0.15, 0.2) is 72.2 Å². The van der Waals surface area contributed by atoms with Gasteiger partial charge in [0, 0.05) is 48.8 Å². The molecule has 0 aliphatic carbocycles. The number of benzene rings is 1. The summed E-state index contributed by atoms with van der Waals surface area (Å²) in [6.07, 6.45) is 11.8. The lowest BCUT2D eigenvalue weighted by Crippen LogP contribution is -2.40. The monoisotopic (exact) mass is 522 g/mol. The van der Waals surface area contributed by atoms with Gasteiger partial charge >= 0.3 is 0 Å². The molecule has 9 heteroatoms. The summed E-state index contributed by atoms with van der Waals surface area (Å²) in [7, 11) is -3.75. The van der Waals surface area contributed by atoms with Crippen molar-refractivity contribution in [2.45, 2.75) is 50.2 Å². The molecule has 0 bridgehead atoms. The zero-order valence-electron chi connectivity index (χ0n) is 21.8. The molecule has 0 amide bonds. The second kappa shape index (κ2) is 9.80. The smallest absolute Gasteiger partial charge is 0.269 e. The second-order valence-corrected chi connectivity index (χ2v) is 17.1. The van der Waals surface area contributed by atoms with Crippen molar-refractivity contribution in [2.24, 2.45) is 7.05 Å². The molecule has 0 unspecified atom stereocenters. The first kappa shape index (κ1) is 26.1. The number of rotatable bonds is 8. The van der Waals surface area contributed by atoms with Crippen molar-refractivity contribution in [3.8, 4) is 11.1 Å². The highest BCUT2D eigenvalue weighted by Crippen LogP contribution is 2.36. The Balaban J connectivity index is 1.67. The SMILES string of the molecule is Cn1cc(-c2cn(S(=O)(=O)c3ccccc3)c3ncc(C=CCCO[Si](C)(C)C(C)(C)C)cc23)cn1. The molecule has 0 spiro atoms. The lowest BCUT2D eigenvalue weighted by molar-refractivity contribution is 0.294. The topological polar surface area (TPSA) is 79.0 Å². The van der Waals surface area contributed by atoms with E-state index in [0.29, 0.717) is 12.3 Å². The van der Waals surface area contributed by atoms with Gasteiger partial charge in [-0.05, 0) is 48.3 Å². The van der Waals surface area contributed by atoms with Crippen LogP contribution in [0.25, 0.3) is 28.2 Å². The van der Waals surface area contributed by atoms with Crippen molar-refractivity contribution >= 4 is 35.5 Å². The van der Waals surface area contributed by atoms with Crippen LogP contribution in [0.2, 0.25) is 18.1 Å². The van der Waals surface area contributed by atoms with Crippen LogP contribution in [-0.4, -0.2) is 42.1 Å². The number of hydrogen-bond acceptors (Lipinski definition) is 5. The maximum Gasteiger partial charge on any atom is 0.269 e. The fourth-order valence-corrected chi connectivity index (χ4v) is 6.09. The maximum absolute atomic E-state index is 13.5. The Morgan fingerprint density at radius 2 is 1.81 bits per heavy atom. The Bertz CT molecular complexity index is 1500. The van der Waals surface area contributed by atoms with Crippen LogP contribution in [-0.2, 0) is 21.5 Å². The Kier molecular flexibility index (Phi) is 7.09. The van der Waals surface area contributed by atoms with E-state index < -0.39 is 18.3 Å². The lowest BCUT2D eigenvalue weighted by Gasteiger charge is -2.36. The van der Waals surface area contributed by atoms with Crippen molar-refractivity contribution in [3.05, 3.63) is 72.8 Å². The first-order chi connectivity index (χ1) is 16.9. The van der Waals surface area contributed by atoms with Gasteiger partial charge in [-0.3, -0.25) is 4.68 Å². The number of fused-ring (bicyclic) bond motifs is 1. The Morgan fingerprint density at radius 3 is 2.44 bits per heavy atom. The highest BCUT2D eigenvalue weighted by Gasteiger charge is 2.36. The second-order valence-electron chi connectivity index (χ2n) is 10.5. The zero-order chi connectivity index (χ0) is 26.1. The molecular formula is C27H34N4O3SSi. The molecule has 0 aliphatic heterocycles. The van der Waals surface area contributed by atoms with Crippen LogP contribution < -0.4 is 0 Å². The molecule has 0 atom stereocenters. The molecule has 0 N–H and O–H groups in total. The molecule has 3 aromatic heterocycles. The summed E-state index contributed by atoms with van der Waals surface area (Å²) in [5.41, 5.74) is 2.88. The van der Waals surface area contributed by atoms with Gasteiger partial charge in [0.2, 0.25) is 0 Å². The molecule has 1 aromatic carbocycles. The molecule has 0 saturated heterocycles. The van der Waals surface area contributed by atoms with E-state index in [1.165, 1.54) is 3.97 Å². The normalized spacial score (nSPS) is 13.2. The van der Waals surface area contributed by atoms with E-state index in [0.717, 1.165) is 28.5 Å². The molecule has 0 radical (unpaired) electrons. The summed E-state index contributed by atoms with van der Waals surface area (Å²) in [4.78, 5) is 4.79. The summed E-state index contributed by atoms with van der Waals surface area (Å²) in [6.45, 7) is 11.9. The summed E-state index contributed by atoms with van der Waals surface area (Å²) < 4.78 is 36.1. The van der Waals surface area contributed by atoms with Gasteiger partial charge in [-0.2, -0.15) is 5.10 Å². The maximum atomic E-state index is 13.5. The van der Waals surface area contributed by atoms with Crippen LogP contribution in [0.1, 0.15) is 32.8 Å². The van der Waals surface area contributed by atoms with Crippen LogP contribution in [0, 0.1) is 0 Å². The van der Waals surface area contributed by atoms with E-state index in [2.05, 4.69) is 50.0 Å². The van der Waals surface area contributed by atoms with Crippen molar-refractivity contribution in [1.82, 2.24) is 18.7 Å². The van der Waals surface area contributed by atoms with Gasteiger partial charge in [0.1, 0.15) is 0 Å². The van der Waals surface area contributed by atoms with Gasteiger partial charge in [-0.15, -0.1) is 0 Å². The fraction of sp³-hybridized carbons (Fsp3) is 0.333. The third kappa shape index (κ3) is 5.23. The van der Waals surface area contributed by atoms with Gasteiger partial charge in [0.05, 0.1) is 11.1 Å². The molecule has 7 nitrogen and oxygen atoms in total. The van der Waals surface area contributed by atoms with Crippen molar-refractivity contribution in [1.29, 1.82) is 0 Å². The van der Waals surface area contributed by atoms with Gasteiger partial charge in [-0.25, -0.2) is 17.4 Å². The first-order valence-corrected chi connectivity index (χ1v) is 16.4. The average Bonchev–Trinajstić information content (AvgIpc) is 3.42. The summed E-state index contributed by atoms with van der Waals surface area (Å²) in [5, 5.41) is 5.21. The highest BCUT2D eigenvalue weighted by atomic mass is 32.2. The van der Waals surface area contributed by atoms with E-state index in [4.69, 9.17) is 4.43 Å². The first-order valence-electron chi connectivity index (χ1n) is 12.0. The Morgan fingerprint density at radius 1 is 1.08 bits per heavy atom. The van der Waals surface area contributed by atoms with Crippen LogP contribution in [0.3, 0.4) is 0 Å². The minimum Gasteiger partial charge on any atom is -0.417 e. The fourth-order valence-electron chi connectivity index (χ4n) is 3.68. The number of aryl methyl sites for hydroxylation is 1. The van der Waals surface area contributed by atoms with E-state index in [1.54, 1.807) is 53.6 Å². The molecular weight excluding hydrogens is 488 g/mol. The quantitative estimate of drug-likeness (QED) is 0.206. The van der Waals surface area contributed by atoms with Crippen molar-refractivity contribution < 1.29 is 12.8 Å². The number of hydrogen-bond donors (Lipinski definition) is 0. The highest BCUT2D eigenvalue weighted by molar-refractivity contribution is 7.90. The van der Waals surface area contributed by atoms with Gasteiger partial charge < -0.3 is 4.43 Å².